The molecule has 2 heterocycles. The molecule has 0 amide bonds. The molecule has 3 rings (SSSR count). The van der Waals surface area contributed by atoms with E-state index in [0.29, 0.717) is 5.92 Å². The molecule has 0 spiro atoms. The summed E-state index contributed by atoms with van der Waals surface area (Å²) < 4.78 is 5.39. The summed E-state index contributed by atoms with van der Waals surface area (Å²) >= 11 is 0. The standard InChI is InChI=1S/C21H35N5O.HI/c1-22-21(23-9-12-25-13-15-27-16-14-25)24-17-20-8-11-26(18-20)10-7-19-5-3-2-4-6-19;/h2-6,20H,7-18H2,1H3,(H2,22,23,24);1H. The van der Waals surface area contributed by atoms with Crippen LogP contribution in [0.15, 0.2) is 35.3 Å². The van der Waals surface area contributed by atoms with E-state index in [0.717, 1.165) is 64.9 Å². The molecule has 2 aliphatic heterocycles. The highest BCUT2D eigenvalue weighted by Crippen LogP contribution is 2.15. The Balaban J connectivity index is 0.00000280. The van der Waals surface area contributed by atoms with Gasteiger partial charge in [-0.15, -0.1) is 24.0 Å². The zero-order valence-corrected chi connectivity index (χ0v) is 19.4. The maximum atomic E-state index is 5.39. The number of guanidine groups is 1. The minimum absolute atomic E-state index is 0. The van der Waals surface area contributed by atoms with Gasteiger partial charge in [-0.05, 0) is 30.9 Å². The fraction of sp³-hybridized carbons (Fsp3) is 0.667. The van der Waals surface area contributed by atoms with Gasteiger partial charge in [0.25, 0.3) is 0 Å². The van der Waals surface area contributed by atoms with Crippen molar-refractivity contribution in [2.24, 2.45) is 10.9 Å². The molecule has 2 fully saturated rings. The largest absolute Gasteiger partial charge is 0.379 e. The highest BCUT2D eigenvalue weighted by atomic mass is 127. The second kappa shape index (κ2) is 13.3. The molecule has 1 unspecified atom stereocenters. The summed E-state index contributed by atoms with van der Waals surface area (Å²) in [5.41, 5.74) is 1.43. The van der Waals surface area contributed by atoms with Crippen LogP contribution in [0.1, 0.15) is 12.0 Å². The molecule has 1 atom stereocenters. The summed E-state index contributed by atoms with van der Waals surface area (Å²) in [7, 11) is 1.85. The summed E-state index contributed by atoms with van der Waals surface area (Å²) in [5.74, 6) is 1.63. The molecular weight excluding hydrogens is 465 g/mol. The number of hydrogen-bond acceptors (Lipinski definition) is 4. The molecular formula is C21H36IN5O. The summed E-state index contributed by atoms with van der Waals surface area (Å²) in [4.78, 5) is 9.39. The van der Waals surface area contributed by atoms with Crippen LogP contribution >= 0.6 is 24.0 Å². The normalized spacial score (nSPS) is 21.3. The summed E-state index contributed by atoms with van der Waals surface area (Å²) in [6.45, 7) is 10.3. The number of aliphatic imine (C=N–C) groups is 1. The topological polar surface area (TPSA) is 52.1 Å². The van der Waals surface area contributed by atoms with Gasteiger partial charge in [-0.1, -0.05) is 30.3 Å². The van der Waals surface area contributed by atoms with Crippen LogP contribution in [0.25, 0.3) is 0 Å². The van der Waals surface area contributed by atoms with Crippen LogP contribution in [0, 0.1) is 5.92 Å². The van der Waals surface area contributed by atoms with Crippen molar-refractivity contribution in [2.45, 2.75) is 12.8 Å². The second-order valence-corrected chi connectivity index (χ2v) is 7.52. The molecule has 0 bridgehead atoms. The number of benzene rings is 1. The third-order valence-corrected chi connectivity index (χ3v) is 5.54. The number of rotatable bonds is 8. The predicted octanol–water partition coefficient (Wildman–Crippen LogP) is 1.67. The Hall–Kier alpha value is -0.900. The molecule has 6 nitrogen and oxygen atoms in total. The van der Waals surface area contributed by atoms with Gasteiger partial charge in [0, 0.05) is 52.9 Å². The van der Waals surface area contributed by atoms with E-state index in [1.54, 1.807) is 0 Å². The maximum absolute atomic E-state index is 5.39. The van der Waals surface area contributed by atoms with Gasteiger partial charge in [0.15, 0.2) is 5.96 Å². The molecule has 1 aromatic carbocycles. The number of nitrogens with one attached hydrogen (secondary N) is 2. The van der Waals surface area contributed by atoms with Crippen LogP contribution in [0.3, 0.4) is 0 Å². The third kappa shape index (κ3) is 8.23. The molecule has 0 radical (unpaired) electrons. The minimum atomic E-state index is 0. The van der Waals surface area contributed by atoms with Crippen molar-refractivity contribution in [3.8, 4) is 0 Å². The highest BCUT2D eigenvalue weighted by molar-refractivity contribution is 14.0. The van der Waals surface area contributed by atoms with Gasteiger partial charge in [-0.2, -0.15) is 0 Å². The number of ether oxygens (including phenoxy) is 1. The summed E-state index contributed by atoms with van der Waals surface area (Å²) in [5, 5.41) is 6.95. The molecule has 0 aromatic heterocycles. The second-order valence-electron chi connectivity index (χ2n) is 7.52. The number of halogens is 1. The van der Waals surface area contributed by atoms with Crippen LogP contribution in [0.5, 0.6) is 0 Å². The van der Waals surface area contributed by atoms with Gasteiger partial charge in [0.1, 0.15) is 0 Å². The Morgan fingerprint density at radius 3 is 2.61 bits per heavy atom. The van der Waals surface area contributed by atoms with Gasteiger partial charge < -0.3 is 20.3 Å². The van der Waals surface area contributed by atoms with Gasteiger partial charge in [0.05, 0.1) is 13.2 Å². The van der Waals surface area contributed by atoms with E-state index in [-0.39, 0.29) is 24.0 Å². The minimum Gasteiger partial charge on any atom is -0.379 e. The average molecular weight is 501 g/mol. The SMILES string of the molecule is CN=C(NCCN1CCOCC1)NCC1CCN(CCc2ccccc2)C1.I. The van der Waals surface area contributed by atoms with Crippen LogP contribution in [-0.4, -0.2) is 88.4 Å². The van der Waals surface area contributed by atoms with Crippen LogP contribution < -0.4 is 10.6 Å². The van der Waals surface area contributed by atoms with Crippen LogP contribution in [-0.2, 0) is 11.2 Å². The maximum Gasteiger partial charge on any atom is 0.191 e. The van der Waals surface area contributed by atoms with Crippen molar-refractivity contribution in [2.75, 3.05) is 72.6 Å². The molecule has 158 valence electrons. The van der Waals surface area contributed by atoms with Crippen molar-refractivity contribution in [3.05, 3.63) is 35.9 Å². The third-order valence-electron chi connectivity index (χ3n) is 5.54. The number of morpholine rings is 1. The average Bonchev–Trinajstić information content (AvgIpc) is 3.18. The van der Waals surface area contributed by atoms with E-state index in [9.17, 15) is 0 Å². The molecule has 2 aliphatic rings. The van der Waals surface area contributed by atoms with Gasteiger partial charge >= 0.3 is 0 Å². The van der Waals surface area contributed by atoms with Crippen molar-refractivity contribution < 1.29 is 4.74 Å². The monoisotopic (exact) mass is 501 g/mol. The van der Waals surface area contributed by atoms with E-state index in [4.69, 9.17) is 4.74 Å². The fourth-order valence-electron chi connectivity index (χ4n) is 3.83. The van der Waals surface area contributed by atoms with Crippen LogP contribution in [0.2, 0.25) is 0 Å². The van der Waals surface area contributed by atoms with Gasteiger partial charge in [-0.3, -0.25) is 9.89 Å². The van der Waals surface area contributed by atoms with E-state index >= 15 is 0 Å². The summed E-state index contributed by atoms with van der Waals surface area (Å²) in [6, 6.07) is 10.8. The van der Waals surface area contributed by atoms with Gasteiger partial charge in [0.2, 0.25) is 0 Å². The van der Waals surface area contributed by atoms with E-state index in [1.165, 1.54) is 25.1 Å². The van der Waals surface area contributed by atoms with E-state index < -0.39 is 0 Å². The predicted molar refractivity (Wildman–Crippen MR) is 127 cm³/mol. The lowest BCUT2D eigenvalue weighted by Crippen LogP contribution is -2.45. The van der Waals surface area contributed by atoms with E-state index in [1.807, 2.05) is 7.05 Å². The fourth-order valence-corrected chi connectivity index (χ4v) is 3.83. The van der Waals surface area contributed by atoms with E-state index in [2.05, 4.69) is 55.8 Å². The highest BCUT2D eigenvalue weighted by Gasteiger charge is 2.22. The Morgan fingerprint density at radius 1 is 1.07 bits per heavy atom. The quantitative estimate of drug-likeness (QED) is 0.323. The Morgan fingerprint density at radius 2 is 1.86 bits per heavy atom. The lowest BCUT2D eigenvalue weighted by molar-refractivity contribution is 0.0389. The molecule has 2 saturated heterocycles. The van der Waals surface area contributed by atoms with Crippen molar-refractivity contribution >= 4 is 29.9 Å². The van der Waals surface area contributed by atoms with Crippen LogP contribution in [0.4, 0.5) is 0 Å². The molecule has 0 saturated carbocycles. The van der Waals surface area contributed by atoms with Gasteiger partial charge in [-0.25, -0.2) is 0 Å². The Kier molecular flexibility index (Phi) is 11.1. The number of likely N-dealkylation sites (tertiary alicyclic amines) is 1. The Labute approximate surface area is 187 Å². The Bertz CT molecular complexity index is 565. The smallest absolute Gasteiger partial charge is 0.191 e. The number of hydrogen-bond donors (Lipinski definition) is 2. The molecule has 1 aromatic rings. The molecule has 7 heteroatoms. The first-order chi connectivity index (χ1) is 13.3. The molecule has 28 heavy (non-hydrogen) atoms. The first-order valence-corrected chi connectivity index (χ1v) is 10.3. The van der Waals surface area contributed by atoms with Crippen molar-refractivity contribution in [3.63, 3.8) is 0 Å². The lowest BCUT2D eigenvalue weighted by atomic mass is 10.1. The number of nitrogens with zero attached hydrogens (tertiary/aromatic N) is 3. The van der Waals surface area contributed by atoms with Crippen molar-refractivity contribution in [1.82, 2.24) is 20.4 Å². The zero-order valence-electron chi connectivity index (χ0n) is 17.1. The zero-order chi connectivity index (χ0) is 18.7. The first-order valence-electron chi connectivity index (χ1n) is 10.3. The molecule has 0 aliphatic carbocycles. The molecule has 2 N–H and O–H groups in total. The lowest BCUT2D eigenvalue weighted by Gasteiger charge is -2.26. The van der Waals surface area contributed by atoms with Crippen molar-refractivity contribution in [1.29, 1.82) is 0 Å². The summed E-state index contributed by atoms with van der Waals surface area (Å²) in [6.07, 6.45) is 2.41. The first kappa shape index (κ1) is 23.4.